The minimum Gasteiger partial charge on any atom is -0.389 e. The largest absolute Gasteiger partial charge is 0.389 e. The van der Waals surface area contributed by atoms with Crippen molar-refractivity contribution in [3.63, 3.8) is 0 Å². The molecule has 0 aromatic rings. The minimum atomic E-state index is -0.590. The summed E-state index contributed by atoms with van der Waals surface area (Å²) in [5.41, 5.74) is -0.388. The van der Waals surface area contributed by atoms with Crippen molar-refractivity contribution in [1.29, 1.82) is 0 Å². The molecule has 0 heterocycles. The Morgan fingerprint density at radius 2 is 1.69 bits per heavy atom. The van der Waals surface area contributed by atoms with Crippen LogP contribution in [-0.4, -0.2) is 47.3 Å². The van der Waals surface area contributed by atoms with E-state index in [0.717, 1.165) is 32.6 Å². The Morgan fingerprint density at radius 3 is 2.06 bits per heavy atom. The lowest BCUT2D eigenvalue weighted by Gasteiger charge is -2.28. The molecule has 0 saturated heterocycles. The van der Waals surface area contributed by atoms with Gasteiger partial charge in [-0.1, -0.05) is 6.92 Å². The predicted molar refractivity (Wildman–Crippen MR) is 70.8 cm³/mol. The highest BCUT2D eigenvalue weighted by atomic mass is 16.3. The monoisotopic (exact) mass is 230 g/mol. The fourth-order valence-corrected chi connectivity index (χ4v) is 1.66. The lowest BCUT2D eigenvalue weighted by molar-refractivity contribution is 0.0374. The molecule has 0 bridgehead atoms. The van der Waals surface area contributed by atoms with E-state index in [1.165, 1.54) is 0 Å². The summed E-state index contributed by atoms with van der Waals surface area (Å²) < 4.78 is 0. The molecule has 0 spiro atoms. The highest BCUT2D eigenvalue weighted by Crippen LogP contribution is 2.05. The molecular formula is C13H30N2O. The maximum absolute atomic E-state index is 9.75. The number of likely N-dealkylation sites (N-methyl/N-ethyl adjacent to an activating group) is 1. The zero-order valence-corrected chi connectivity index (χ0v) is 11.9. The van der Waals surface area contributed by atoms with Crippen LogP contribution in [0.1, 0.15) is 48.0 Å². The van der Waals surface area contributed by atoms with Gasteiger partial charge >= 0.3 is 0 Å². The molecule has 3 heteroatoms. The fourth-order valence-electron chi connectivity index (χ4n) is 1.66. The first kappa shape index (κ1) is 15.9. The van der Waals surface area contributed by atoms with Crippen molar-refractivity contribution in [2.75, 3.05) is 26.2 Å². The van der Waals surface area contributed by atoms with Crippen LogP contribution >= 0.6 is 0 Å². The summed E-state index contributed by atoms with van der Waals surface area (Å²) in [4.78, 5) is 2.30. The van der Waals surface area contributed by atoms with Gasteiger partial charge in [0.1, 0.15) is 0 Å². The van der Waals surface area contributed by atoms with Crippen molar-refractivity contribution in [2.45, 2.75) is 59.1 Å². The Kier molecular flexibility index (Phi) is 6.53. The van der Waals surface area contributed by atoms with Gasteiger partial charge in [0.25, 0.3) is 0 Å². The number of nitrogens with zero attached hydrogens (tertiary/aromatic N) is 1. The Balaban J connectivity index is 3.72. The van der Waals surface area contributed by atoms with Crippen LogP contribution in [0, 0.1) is 0 Å². The maximum Gasteiger partial charge on any atom is 0.0718 e. The minimum absolute atomic E-state index is 0.202. The first-order chi connectivity index (χ1) is 7.14. The first-order valence-electron chi connectivity index (χ1n) is 6.34. The molecule has 0 rings (SSSR count). The van der Waals surface area contributed by atoms with E-state index in [4.69, 9.17) is 0 Å². The molecule has 16 heavy (non-hydrogen) atoms. The molecule has 0 saturated carbocycles. The van der Waals surface area contributed by atoms with Gasteiger partial charge in [-0.3, -0.25) is 0 Å². The van der Waals surface area contributed by atoms with E-state index in [2.05, 4.69) is 37.9 Å². The number of hydrogen-bond acceptors (Lipinski definition) is 3. The molecule has 0 radical (unpaired) electrons. The third kappa shape index (κ3) is 10.4. The summed E-state index contributed by atoms with van der Waals surface area (Å²) in [6.07, 6.45) is 1.13. The Labute approximate surface area is 101 Å². The van der Waals surface area contributed by atoms with Crippen LogP contribution in [0.4, 0.5) is 0 Å². The summed E-state index contributed by atoms with van der Waals surface area (Å²) in [5, 5.41) is 13.2. The van der Waals surface area contributed by atoms with Gasteiger partial charge in [-0.25, -0.2) is 0 Å². The molecule has 0 atom stereocenters. The Bertz CT molecular complexity index is 179. The average Bonchev–Trinajstić information content (AvgIpc) is 2.06. The van der Waals surface area contributed by atoms with Crippen molar-refractivity contribution in [2.24, 2.45) is 0 Å². The SMILES string of the molecule is CCN(CCCNC(C)(C)C)CC(C)(C)O. The molecule has 0 aromatic heterocycles. The molecule has 98 valence electrons. The number of hydrogen-bond donors (Lipinski definition) is 2. The second kappa shape index (κ2) is 6.58. The van der Waals surface area contributed by atoms with E-state index >= 15 is 0 Å². The third-order valence-corrected chi connectivity index (χ3v) is 2.36. The fraction of sp³-hybridized carbons (Fsp3) is 1.00. The van der Waals surface area contributed by atoms with Crippen LogP contribution in [0.5, 0.6) is 0 Å². The van der Waals surface area contributed by atoms with E-state index in [9.17, 15) is 5.11 Å². The second-order valence-electron chi connectivity index (χ2n) is 6.21. The topological polar surface area (TPSA) is 35.5 Å². The summed E-state index contributed by atoms with van der Waals surface area (Å²) in [5.74, 6) is 0. The quantitative estimate of drug-likeness (QED) is 0.655. The molecular weight excluding hydrogens is 200 g/mol. The standard InChI is InChI=1S/C13H30N2O/c1-7-15(11-13(5,6)16)10-8-9-14-12(2,3)4/h14,16H,7-11H2,1-6H3. The highest BCUT2D eigenvalue weighted by molar-refractivity contribution is 4.73. The smallest absolute Gasteiger partial charge is 0.0718 e. The van der Waals surface area contributed by atoms with Crippen LogP contribution in [0.25, 0.3) is 0 Å². The van der Waals surface area contributed by atoms with Crippen molar-refractivity contribution in [1.82, 2.24) is 10.2 Å². The van der Waals surface area contributed by atoms with Crippen LogP contribution in [0.15, 0.2) is 0 Å². The highest BCUT2D eigenvalue weighted by Gasteiger charge is 2.16. The van der Waals surface area contributed by atoms with E-state index < -0.39 is 5.60 Å². The molecule has 0 unspecified atom stereocenters. The molecule has 0 fully saturated rings. The number of rotatable bonds is 7. The van der Waals surface area contributed by atoms with E-state index in [0.29, 0.717) is 0 Å². The normalized spacial score (nSPS) is 13.5. The molecule has 0 aliphatic heterocycles. The third-order valence-electron chi connectivity index (χ3n) is 2.36. The van der Waals surface area contributed by atoms with E-state index in [-0.39, 0.29) is 5.54 Å². The number of aliphatic hydroxyl groups is 1. The number of nitrogens with one attached hydrogen (secondary N) is 1. The van der Waals surface area contributed by atoms with Crippen molar-refractivity contribution in [3.05, 3.63) is 0 Å². The van der Waals surface area contributed by atoms with Gasteiger partial charge in [-0.15, -0.1) is 0 Å². The lowest BCUT2D eigenvalue weighted by atomic mass is 10.1. The lowest BCUT2D eigenvalue weighted by Crippen LogP contribution is -2.41. The van der Waals surface area contributed by atoms with E-state index in [1.54, 1.807) is 0 Å². The average molecular weight is 230 g/mol. The van der Waals surface area contributed by atoms with Crippen LogP contribution in [-0.2, 0) is 0 Å². The summed E-state index contributed by atoms with van der Waals surface area (Å²) in [6, 6.07) is 0. The summed E-state index contributed by atoms with van der Waals surface area (Å²) in [7, 11) is 0. The van der Waals surface area contributed by atoms with Gasteiger partial charge in [0.15, 0.2) is 0 Å². The van der Waals surface area contributed by atoms with Crippen molar-refractivity contribution < 1.29 is 5.11 Å². The summed E-state index contributed by atoms with van der Waals surface area (Å²) >= 11 is 0. The molecule has 0 aliphatic rings. The predicted octanol–water partition coefficient (Wildman–Crippen LogP) is 1.86. The molecule has 0 amide bonds. The van der Waals surface area contributed by atoms with Gasteiger partial charge in [-0.05, 0) is 60.7 Å². The molecule has 0 aromatic carbocycles. The van der Waals surface area contributed by atoms with Gasteiger partial charge in [0.05, 0.1) is 5.60 Å². The van der Waals surface area contributed by atoms with Crippen LogP contribution in [0.2, 0.25) is 0 Å². The molecule has 3 nitrogen and oxygen atoms in total. The summed E-state index contributed by atoms with van der Waals surface area (Å²) in [6.45, 7) is 16.2. The van der Waals surface area contributed by atoms with Gasteiger partial charge in [0.2, 0.25) is 0 Å². The Hall–Kier alpha value is -0.120. The van der Waals surface area contributed by atoms with Crippen molar-refractivity contribution in [3.8, 4) is 0 Å². The van der Waals surface area contributed by atoms with Crippen LogP contribution in [0.3, 0.4) is 0 Å². The van der Waals surface area contributed by atoms with Crippen molar-refractivity contribution >= 4 is 0 Å². The van der Waals surface area contributed by atoms with Gasteiger partial charge in [0, 0.05) is 12.1 Å². The second-order valence-corrected chi connectivity index (χ2v) is 6.21. The van der Waals surface area contributed by atoms with E-state index in [1.807, 2.05) is 13.8 Å². The Morgan fingerprint density at radius 1 is 1.12 bits per heavy atom. The molecule has 2 N–H and O–H groups in total. The first-order valence-corrected chi connectivity index (χ1v) is 6.34. The maximum atomic E-state index is 9.75. The molecule has 0 aliphatic carbocycles. The van der Waals surface area contributed by atoms with Gasteiger partial charge < -0.3 is 15.3 Å². The van der Waals surface area contributed by atoms with Gasteiger partial charge in [-0.2, -0.15) is 0 Å². The van der Waals surface area contributed by atoms with Crippen LogP contribution < -0.4 is 5.32 Å². The zero-order chi connectivity index (χ0) is 12.8. The zero-order valence-electron chi connectivity index (χ0n) is 11.9.